The molecule has 0 aliphatic heterocycles. The number of aromatic nitrogens is 1. The fourth-order valence-corrected chi connectivity index (χ4v) is 2.78. The molecule has 0 saturated carbocycles. The minimum Gasteiger partial charge on any atom is -0.497 e. The van der Waals surface area contributed by atoms with Crippen LogP contribution in [0.3, 0.4) is 0 Å². The number of H-pyrrole nitrogens is 1. The number of nitrogens with one attached hydrogen (secondary N) is 3. The van der Waals surface area contributed by atoms with Crippen LogP contribution in [0.1, 0.15) is 12.5 Å². The van der Waals surface area contributed by atoms with Crippen LogP contribution in [0.25, 0.3) is 10.9 Å². The summed E-state index contributed by atoms with van der Waals surface area (Å²) < 4.78 is 10.7. The summed E-state index contributed by atoms with van der Waals surface area (Å²) >= 11 is 0. The molecule has 1 aromatic heterocycles. The number of urea groups is 1. The topological polar surface area (TPSA) is 75.4 Å². The second kappa shape index (κ2) is 8.29. The van der Waals surface area contributed by atoms with Crippen molar-refractivity contribution in [1.82, 2.24) is 10.3 Å². The zero-order valence-corrected chi connectivity index (χ0v) is 15.0. The van der Waals surface area contributed by atoms with Gasteiger partial charge in [-0.1, -0.05) is 0 Å². The number of ether oxygens (including phenoxy) is 2. The first kappa shape index (κ1) is 17.7. The zero-order valence-electron chi connectivity index (χ0n) is 15.0. The molecule has 0 fully saturated rings. The van der Waals surface area contributed by atoms with E-state index in [1.807, 2.05) is 55.6 Å². The molecule has 0 unspecified atom stereocenters. The molecule has 3 aromatic rings. The van der Waals surface area contributed by atoms with Gasteiger partial charge in [0.15, 0.2) is 0 Å². The van der Waals surface area contributed by atoms with E-state index in [-0.39, 0.29) is 6.03 Å². The van der Waals surface area contributed by atoms with Crippen molar-refractivity contribution < 1.29 is 14.3 Å². The molecular weight excluding hydrogens is 330 g/mol. The first-order valence-electron chi connectivity index (χ1n) is 8.61. The number of benzene rings is 2. The van der Waals surface area contributed by atoms with Gasteiger partial charge in [0.05, 0.1) is 13.7 Å². The van der Waals surface area contributed by atoms with Gasteiger partial charge >= 0.3 is 6.03 Å². The molecule has 1 heterocycles. The first-order valence-corrected chi connectivity index (χ1v) is 8.61. The van der Waals surface area contributed by atoms with E-state index in [2.05, 4.69) is 15.6 Å². The standard InChI is InChI=1S/C20H23N3O3/c1-3-26-16-6-4-15(5-7-16)23-20(24)21-11-10-14-13-22-19-9-8-17(25-2)12-18(14)19/h4-9,12-13,22H,3,10-11H2,1-2H3,(H2,21,23,24). The highest BCUT2D eigenvalue weighted by Gasteiger charge is 2.07. The molecule has 0 aliphatic carbocycles. The minimum atomic E-state index is -0.230. The van der Waals surface area contributed by atoms with Gasteiger partial charge in [-0.2, -0.15) is 0 Å². The smallest absolute Gasteiger partial charge is 0.319 e. The highest BCUT2D eigenvalue weighted by atomic mass is 16.5. The molecule has 0 atom stereocenters. The normalized spacial score (nSPS) is 10.5. The quantitative estimate of drug-likeness (QED) is 0.602. The van der Waals surface area contributed by atoms with E-state index in [9.17, 15) is 4.79 Å². The maximum absolute atomic E-state index is 12.0. The third kappa shape index (κ3) is 4.27. The molecule has 2 aromatic carbocycles. The summed E-state index contributed by atoms with van der Waals surface area (Å²) in [6.45, 7) is 3.09. The van der Waals surface area contributed by atoms with E-state index in [1.54, 1.807) is 7.11 Å². The van der Waals surface area contributed by atoms with Crippen molar-refractivity contribution in [2.45, 2.75) is 13.3 Å². The van der Waals surface area contributed by atoms with E-state index in [0.29, 0.717) is 13.2 Å². The SMILES string of the molecule is CCOc1ccc(NC(=O)NCCc2c[nH]c3ccc(OC)cc23)cc1. The lowest BCUT2D eigenvalue weighted by atomic mass is 10.1. The molecule has 136 valence electrons. The van der Waals surface area contributed by atoms with Crippen LogP contribution in [0.15, 0.2) is 48.7 Å². The zero-order chi connectivity index (χ0) is 18.4. The van der Waals surface area contributed by atoms with E-state index in [1.165, 1.54) is 0 Å². The third-order valence-electron chi connectivity index (χ3n) is 4.08. The number of aromatic amines is 1. The Hall–Kier alpha value is -3.15. The van der Waals surface area contributed by atoms with Crippen molar-refractivity contribution in [2.24, 2.45) is 0 Å². The van der Waals surface area contributed by atoms with Crippen molar-refractivity contribution in [1.29, 1.82) is 0 Å². The van der Waals surface area contributed by atoms with Crippen LogP contribution in [0, 0.1) is 0 Å². The van der Waals surface area contributed by atoms with E-state index >= 15 is 0 Å². The maximum Gasteiger partial charge on any atom is 0.319 e. The fraction of sp³-hybridized carbons (Fsp3) is 0.250. The van der Waals surface area contributed by atoms with Crippen LogP contribution in [-0.2, 0) is 6.42 Å². The second-order valence-corrected chi connectivity index (χ2v) is 5.81. The molecule has 3 N–H and O–H groups in total. The van der Waals surface area contributed by atoms with Gasteiger partial charge in [-0.25, -0.2) is 4.79 Å². The van der Waals surface area contributed by atoms with Crippen molar-refractivity contribution >= 4 is 22.6 Å². The molecule has 0 spiro atoms. The van der Waals surface area contributed by atoms with Crippen LogP contribution in [0.5, 0.6) is 11.5 Å². The molecule has 6 heteroatoms. The molecule has 0 aliphatic rings. The van der Waals surface area contributed by atoms with Gasteiger partial charge in [0.1, 0.15) is 11.5 Å². The largest absolute Gasteiger partial charge is 0.497 e. The second-order valence-electron chi connectivity index (χ2n) is 5.81. The average molecular weight is 353 g/mol. The van der Waals surface area contributed by atoms with Crippen molar-refractivity contribution in [3.05, 3.63) is 54.2 Å². The lowest BCUT2D eigenvalue weighted by Crippen LogP contribution is -2.30. The number of fused-ring (bicyclic) bond motifs is 1. The van der Waals surface area contributed by atoms with Crippen LogP contribution in [0.2, 0.25) is 0 Å². The van der Waals surface area contributed by atoms with Crippen molar-refractivity contribution in [3.8, 4) is 11.5 Å². The van der Waals surface area contributed by atoms with Crippen LogP contribution in [0.4, 0.5) is 10.5 Å². The Morgan fingerprint density at radius 3 is 2.62 bits per heavy atom. The molecule has 6 nitrogen and oxygen atoms in total. The Morgan fingerprint density at radius 2 is 1.88 bits per heavy atom. The molecular formula is C20H23N3O3. The van der Waals surface area contributed by atoms with Gasteiger partial charge in [-0.3, -0.25) is 0 Å². The highest BCUT2D eigenvalue weighted by molar-refractivity contribution is 5.89. The molecule has 0 radical (unpaired) electrons. The van der Waals surface area contributed by atoms with Crippen LogP contribution >= 0.6 is 0 Å². The number of anilines is 1. The van der Waals surface area contributed by atoms with E-state index < -0.39 is 0 Å². The summed E-state index contributed by atoms with van der Waals surface area (Å²) in [6.07, 6.45) is 2.69. The highest BCUT2D eigenvalue weighted by Crippen LogP contribution is 2.23. The first-order chi connectivity index (χ1) is 12.7. The number of amides is 2. The van der Waals surface area contributed by atoms with Gasteiger partial charge in [0.25, 0.3) is 0 Å². The number of hydrogen-bond acceptors (Lipinski definition) is 3. The minimum absolute atomic E-state index is 0.230. The number of rotatable bonds is 7. The average Bonchev–Trinajstić information content (AvgIpc) is 3.06. The Kier molecular flexibility index (Phi) is 5.63. The van der Waals surface area contributed by atoms with Gasteiger partial charge in [-0.15, -0.1) is 0 Å². The summed E-state index contributed by atoms with van der Waals surface area (Å²) in [5, 5.41) is 6.80. The monoisotopic (exact) mass is 353 g/mol. The number of hydrogen-bond donors (Lipinski definition) is 3. The Bertz CT molecular complexity index is 872. The summed E-state index contributed by atoms with van der Waals surface area (Å²) in [7, 11) is 1.65. The predicted octanol–water partition coefficient (Wildman–Crippen LogP) is 3.94. The lowest BCUT2D eigenvalue weighted by molar-refractivity contribution is 0.252. The number of methoxy groups -OCH3 is 1. The molecule has 2 amide bonds. The molecule has 0 bridgehead atoms. The van der Waals surface area contributed by atoms with Crippen molar-refractivity contribution in [3.63, 3.8) is 0 Å². The van der Waals surface area contributed by atoms with Crippen molar-refractivity contribution in [2.75, 3.05) is 25.6 Å². The molecule has 0 saturated heterocycles. The van der Waals surface area contributed by atoms with Gasteiger partial charge in [0, 0.05) is 29.3 Å². The predicted molar refractivity (Wildman–Crippen MR) is 103 cm³/mol. The fourth-order valence-electron chi connectivity index (χ4n) is 2.78. The van der Waals surface area contributed by atoms with Gasteiger partial charge in [-0.05, 0) is 61.4 Å². The molecule has 26 heavy (non-hydrogen) atoms. The number of carbonyl (C=O) groups is 1. The third-order valence-corrected chi connectivity index (χ3v) is 4.08. The van der Waals surface area contributed by atoms with E-state index in [4.69, 9.17) is 9.47 Å². The number of carbonyl (C=O) groups excluding carboxylic acids is 1. The summed E-state index contributed by atoms with van der Waals surface area (Å²) in [5.41, 5.74) is 2.92. The van der Waals surface area contributed by atoms with Gasteiger partial charge < -0.3 is 25.1 Å². The Morgan fingerprint density at radius 1 is 1.12 bits per heavy atom. The Balaban J connectivity index is 1.52. The van der Waals surface area contributed by atoms with E-state index in [0.717, 1.165) is 40.1 Å². The summed E-state index contributed by atoms with van der Waals surface area (Å²) in [4.78, 5) is 15.3. The lowest BCUT2D eigenvalue weighted by Gasteiger charge is -2.09. The maximum atomic E-state index is 12.0. The van der Waals surface area contributed by atoms with Gasteiger partial charge in [0.2, 0.25) is 0 Å². The summed E-state index contributed by atoms with van der Waals surface area (Å²) in [6, 6.07) is 13.0. The van der Waals surface area contributed by atoms with Crippen LogP contribution in [-0.4, -0.2) is 31.3 Å². The Labute approximate surface area is 152 Å². The van der Waals surface area contributed by atoms with Crippen LogP contribution < -0.4 is 20.1 Å². The summed E-state index contributed by atoms with van der Waals surface area (Å²) in [5.74, 6) is 1.60. The molecule has 3 rings (SSSR count).